The minimum absolute atomic E-state index is 0.303. The van der Waals surface area contributed by atoms with E-state index in [0.29, 0.717) is 28.0 Å². The van der Waals surface area contributed by atoms with E-state index in [9.17, 15) is 4.79 Å². The highest BCUT2D eigenvalue weighted by Gasteiger charge is 2.13. The molecule has 7 nitrogen and oxygen atoms in total. The molecule has 8 heteroatoms. The number of ether oxygens (including phenoxy) is 2. The van der Waals surface area contributed by atoms with Gasteiger partial charge in [-0.3, -0.25) is 9.78 Å². The van der Waals surface area contributed by atoms with Gasteiger partial charge < -0.3 is 20.1 Å². The molecule has 3 aromatic rings. The highest BCUT2D eigenvalue weighted by atomic mass is 32.1. The zero-order valence-corrected chi connectivity index (χ0v) is 14.5. The number of thiazole rings is 1. The van der Waals surface area contributed by atoms with Gasteiger partial charge in [0.25, 0.3) is 5.91 Å². The van der Waals surface area contributed by atoms with Gasteiger partial charge in [-0.05, 0) is 24.3 Å². The van der Waals surface area contributed by atoms with Gasteiger partial charge in [-0.1, -0.05) is 0 Å². The Morgan fingerprint density at radius 3 is 2.68 bits per heavy atom. The van der Waals surface area contributed by atoms with Crippen molar-refractivity contribution in [2.45, 2.75) is 0 Å². The first-order valence-corrected chi connectivity index (χ1v) is 8.23. The number of carbonyl (C=O) groups excluding carboxylic acids is 1. The van der Waals surface area contributed by atoms with Crippen molar-refractivity contribution in [1.29, 1.82) is 0 Å². The molecule has 0 aliphatic rings. The summed E-state index contributed by atoms with van der Waals surface area (Å²) in [5, 5.41) is 8.20. The fraction of sp³-hybridized carbons (Fsp3) is 0.118. The highest BCUT2D eigenvalue weighted by molar-refractivity contribution is 7.14. The van der Waals surface area contributed by atoms with Crippen molar-refractivity contribution < 1.29 is 14.3 Å². The van der Waals surface area contributed by atoms with Crippen LogP contribution in [0, 0.1) is 0 Å². The predicted octanol–water partition coefficient (Wildman–Crippen LogP) is 3.55. The van der Waals surface area contributed by atoms with Crippen molar-refractivity contribution in [3.8, 4) is 11.5 Å². The van der Waals surface area contributed by atoms with E-state index in [1.165, 1.54) is 11.3 Å². The predicted molar refractivity (Wildman–Crippen MR) is 97.1 cm³/mol. The molecule has 0 fully saturated rings. The molecule has 0 atom stereocenters. The van der Waals surface area contributed by atoms with E-state index in [1.54, 1.807) is 50.2 Å². The lowest BCUT2D eigenvalue weighted by molar-refractivity contribution is 0.102. The molecule has 0 spiro atoms. The molecule has 0 radical (unpaired) electrons. The molecule has 0 aliphatic carbocycles. The topological polar surface area (TPSA) is 85.4 Å². The molecule has 2 aromatic heterocycles. The van der Waals surface area contributed by atoms with Gasteiger partial charge in [0.1, 0.15) is 5.69 Å². The lowest BCUT2D eigenvalue weighted by Crippen LogP contribution is -2.12. The maximum Gasteiger partial charge on any atom is 0.275 e. The second-order valence-electron chi connectivity index (χ2n) is 4.93. The molecule has 0 saturated carbocycles. The molecule has 0 aliphatic heterocycles. The number of rotatable bonds is 6. The molecule has 2 heterocycles. The third-order valence-electron chi connectivity index (χ3n) is 3.29. The third kappa shape index (κ3) is 4.04. The van der Waals surface area contributed by atoms with Crippen LogP contribution < -0.4 is 20.1 Å². The Balaban J connectivity index is 1.70. The van der Waals surface area contributed by atoms with E-state index in [2.05, 4.69) is 20.6 Å². The van der Waals surface area contributed by atoms with Gasteiger partial charge in [-0.25, -0.2) is 4.98 Å². The van der Waals surface area contributed by atoms with Crippen molar-refractivity contribution in [1.82, 2.24) is 9.97 Å². The number of benzene rings is 1. The number of nitrogens with one attached hydrogen (secondary N) is 2. The molecule has 3 rings (SSSR count). The average molecular weight is 356 g/mol. The first-order valence-electron chi connectivity index (χ1n) is 7.35. The van der Waals surface area contributed by atoms with Crippen LogP contribution >= 0.6 is 11.3 Å². The molecule has 128 valence electrons. The number of carbonyl (C=O) groups is 1. The molecule has 25 heavy (non-hydrogen) atoms. The number of anilines is 3. The van der Waals surface area contributed by atoms with Crippen LogP contribution in [0.1, 0.15) is 10.5 Å². The lowest BCUT2D eigenvalue weighted by Gasteiger charge is -2.10. The number of methoxy groups -OCH3 is 2. The van der Waals surface area contributed by atoms with Crippen LogP contribution in [0.2, 0.25) is 0 Å². The monoisotopic (exact) mass is 356 g/mol. The second-order valence-corrected chi connectivity index (χ2v) is 5.79. The summed E-state index contributed by atoms with van der Waals surface area (Å²) in [5.74, 6) is 0.831. The van der Waals surface area contributed by atoms with E-state index in [0.717, 1.165) is 5.69 Å². The summed E-state index contributed by atoms with van der Waals surface area (Å²) in [5.41, 5.74) is 1.73. The summed E-state index contributed by atoms with van der Waals surface area (Å²) in [4.78, 5) is 20.7. The molecular formula is C17H16N4O3S. The smallest absolute Gasteiger partial charge is 0.275 e. The largest absolute Gasteiger partial charge is 0.493 e. The Hall–Kier alpha value is -3.13. The average Bonchev–Trinajstić information content (AvgIpc) is 3.11. The Bertz CT molecular complexity index is 867. The minimum atomic E-state index is -0.303. The SMILES string of the molecule is COc1ccc(NC(=O)c2csc(Nc3cccnc3)n2)cc1OC. The van der Waals surface area contributed by atoms with Crippen molar-refractivity contribution >= 4 is 33.8 Å². The third-order valence-corrected chi connectivity index (χ3v) is 4.05. The highest BCUT2D eigenvalue weighted by Crippen LogP contribution is 2.30. The summed E-state index contributed by atoms with van der Waals surface area (Å²) >= 11 is 1.34. The Kier molecular flexibility index (Phi) is 5.10. The number of hydrogen-bond acceptors (Lipinski definition) is 7. The maximum atomic E-state index is 12.4. The molecule has 1 aromatic carbocycles. The minimum Gasteiger partial charge on any atom is -0.493 e. The number of pyridine rings is 1. The van der Waals surface area contributed by atoms with Crippen molar-refractivity contribution in [2.75, 3.05) is 24.9 Å². The van der Waals surface area contributed by atoms with Gasteiger partial charge in [0.05, 0.1) is 26.1 Å². The second kappa shape index (κ2) is 7.63. The molecule has 2 N–H and O–H groups in total. The van der Waals surface area contributed by atoms with Gasteiger partial charge in [0.2, 0.25) is 0 Å². The van der Waals surface area contributed by atoms with E-state index in [4.69, 9.17) is 9.47 Å². The summed E-state index contributed by atoms with van der Waals surface area (Å²) in [6.45, 7) is 0. The molecule has 0 bridgehead atoms. The van der Waals surface area contributed by atoms with Crippen LogP contribution in [0.15, 0.2) is 48.1 Å². The van der Waals surface area contributed by atoms with E-state index >= 15 is 0 Å². The van der Waals surface area contributed by atoms with Crippen molar-refractivity contribution in [3.63, 3.8) is 0 Å². The fourth-order valence-corrected chi connectivity index (χ4v) is 2.82. The number of hydrogen-bond donors (Lipinski definition) is 2. The van der Waals surface area contributed by atoms with Gasteiger partial charge in [0.15, 0.2) is 16.6 Å². The molecule has 0 saturated heterocycles. The first-order chi connectivity index (χ1) is 12.2. The first kappa shape index (κ1) is 16.7. The normalized spacial score (nSPS) is 10.2. The van der Waals surface area contributed by atoms with E-state index in [-0.39, 0.29) is 5.91 Å². The summed E-state index contributed by atoms with van der Waals surface area (Å²) in [7, 11) is 3.10. The molecule has 0 unspecified atom stereocenters. The standard InChI is InChI=1S/C17H16N4O3S/c1-23-14-6-5-11(8-15(14)24-2)19-16(22)13-10-25-17(21-13)20-12-4-3-7-18-9-12/h3-10H,1-2H3,(H,19,22)(H,20,21). The van der Waals surface area contributed by atoms with Gasteiger partial charge in [-0.2, -0.15) is 0 Å². The fourth-order valence-electron chi connectivity index (χ4n) is 2.10. The zero-order chi connectivity index (χ0) is 17.6. The van der Waals surface area contributed by atoms with Crippen LogP contribution in [-0.4, -0.2) is 30.1 Å². The zero-order valence-electron chi connectivity index (χ0n) is 13.6. The van der Waals surface area contributed by atoms with Crippen LogP contribution in [-0.2, 0) is 0 Å². The van der Waals surface area contributed by atoms with Crippen molar-refractivity contribution in [2.24, 2.45) is 0 Å². The van der Waals surface area contributed by atoms with Crippen LogP contribution in [0.4, 0.5) is 16.5 Å². The van der Waals surface area contributed by atoms with Crippen LogP contribution in [0.25, 0.3) is 0 Å². The van der Waals surface area contributed by atoms with Crippen LogP contribution in [0.3, 0.4) is 0 Å². The van der Waals surface area contributed by atoms with E-state index in [1.807, 2.05) is 12.1 Å². The summed E-state index contributed by atoms with van der Waals surface area (Å²) < 4.78 is 10.4. The van der Waals surface area contributed by atoms with Crippen molar-refractivity contribution in [3.05, 3.63) is 53.8 Å². The van der Waals surface area contributed by atoms with E-state index < -0.39 is 0 Å². The van der Waals surface area contributed by atoms with Gasteiger partial charge in [-0.15, -0.1) is 11.3 Å². The quantitative estimate of drug-likeness (QED) is 0.702. The number of nitrogens with zero attached hydrogens (tertiary/aromatic N) is 2. The van der Waals surface area contributed by atoms with Gasteiger partial charge in [0, 0.05) is 23.3 Å². The number of aromatic nitrogens is 2. The summed E-state index contributed by atoms with van der Waals surface area (Å²) in [6.07, 6.45) is 3.37. The van der Waals surface area contributed by atoms with Crippen LogP contribution in [0.5, 0.6) is 11.5 Å². The Labute approximate surface area is 148 Å². The molecular weight excluding hydrogens is 340 g/mol. The Morgan fingerprint density at radius 2 is 1.96 bits per heavy atom. The maximum absolute atomic E-state index is 12.4. The Morgan fingerprint density at radius 1 is 1.12 bits per heavy atom. The summed E-state index contributed by atoms with van der Waals surface area (Å²) in [6, 6.07) is 8.85. The van der Waals surface area contributed by atoms with Gasteiger partial charge >= 0.3 is 0 Å². The number of amides is 1. The molecule has 1 amide bonds. The lowest BCUT2D eigenvalue weighted by atomic mass is 10.2.